The van der Waals surface area contributed by atoms with Crippen LogP contribution in [0.1, 0.15) is 18.9 Å². The number of carbonyl (C=O) groups excluding carboxylic acids is 2. The Kier molecular flexibility index (Phi) is 6.25. The van der Waals surface area contributed by atoms with Crippen molar-refractivity contribution >= 4 is 29.3 Å². The Morgan fingerprint density at radius 2 is 1.96 bits per heavy atom. The molecule has 3 N–H and O–H groups in total. The van der Waals surface area contributed by atoms with E-state index in [4.69, 9.17) is 17.0 Å². The molecule has 8 nitrogen and oxygen atoms in total. The molecule has 1 aromatic carbocycles. The molecule has 1 atom stereocenters. The number of benzene rings is 1. The van der Waals surface area contributed by atoms with Crippen LogP contribution >= 0.6 is 12.2 Å². The second kappa shape index (κ2) is 8.64. The molecule has 1 aromatic rings. The number of urea groups is 1. The first-order chi connectivity index (χ1) is 13.0. The van der Waals surface area contributed by atoms with E-state index in [2.05, 4.69) is 21.0 Å². The Morgan fingerprint density at radius 1 is 1.26 bits per heavy atom. The number of nitrogens with one attached hydrogen (secondary N) is 3. The molecule has 0 bridgehead atoms. The number of hydrogen-bond donors (Lipinski definition) is 3. The zero-order valence-electron chi connectivity index (χ0n) is 15.4. The summed E-state index contributed by atoms with van der Waals surface area (Å²) in [5.74, 6) is -0.392. The van der Waals surface area contributed by atoms with Crippen molar-refractivity contribution in [3.05, 3.63) is 35.9 Å². The second-order valence-electron chi connectivity index (χ2n) is 6.74. The average Bonchev–Trinajstić information content (AvgIpc) is 2.91. The van der Waals surface area contributed by atoms with Crippen LogP contribution in [0.2, 0.25) is 0 Å². The van der Waals surface area contributed by atoms with Gasteiger partial charge in [-0.05, 0) is 37.7 Å². The minimum absolute atomic E-state index is 0.248. The molecule has 146 valence electrons. The fourth-order valence-corrected chi connectivity index (χ4v) is 3.37. The van der Waals surface area contributed by atoms with Gasteiger partial charge in [-0.15, -0.1) is 0 Å². The lowest BCUT2D eigenvalue weighted by Crippen LogP contribution is -2.51. The molecule has 0 aliphatic carbocycles. The molecular weight excluding hydrogens is 366 g/mol. The normalized spacial score (nSPS) is 23.2. The van der Waals surface area contributed by atoms with E-state index in [1.807, 2.05) is 30.3 Å². The molecule has 3 amide bonds. The summed E-state index contributed by atoms with van der Waals surface area (Å²) in [7, 11) is 0. The molecule has 0 radical (unpaired) electrons. The molecule has 2 heterocycles. The molecule has 0 saturated carbocycles. The number of morpholine rings is 1. The van der Waals surface area contributed by atoms with Crippen LogP contribution in [-0.4, -0.2) is 66.4 Å². The summed E-state index contributed by atoms with van der Waals surface area (Å²) in [4.78, 5) is 27.4. The van der Waals surface area contributed by atoms with E-state index < -0.39 is 17.5 Å². The smallest absolute Gasteiger partial charge is 0.344 e. The Labute approximate surface area is 164 Å². The third-order valence-corrected chi connectivity index (χ3v) is 5.03. The van der Waals surface area contributed by atoms with Crippen molar-refractivity contribution in [1.82, 2.24) is 26.0 Å². The minimum atomic E-state index is -1.11. The fraction of sp³-hybridized carbons (Fsp3) is 0.500. The number of ether oxygens (including phenoxy) is 1. The maximum Gasteiger partial charge on any atom is 0.344 e. The first-order valence-corrected chi connectivity index (χ1v) is 9.48. The van der Waals surface area contributed by atoms with Crippen molar-refractivity contribution in [3.8, 4) is 0 Å². The summed E-state index contributed by atoms with van der Waals surface area (Å²) in [6.45, 7) is 6.74. The molecule has 2 saturated heterocycles. The molecule has 3 rings (SSSR count). The lowest BCUT2D eigenvalue weighted by Gasteiger charge is -2.26. The van der Waals surface area contributed by atoms with Gasteiger partial charge in [-0.3, -0.25) is 15.1 Å². The van der Waals surface area contributed by atoms with Crippen LogP contribution in [0.4, 0.5) is 4.79 Å². The van der Waals surface area contributed by atoms with Gasteiger partial charge in [-0.25, -0.2) is 4.79 Å². The summed E-state index contributed by atoms with van der Waals surface area (Å²) in [6, 6.07) is 8.62. The molecule has 9 heteroatoms. The van der Waals surface area contributed by atoms with Gasteiger partial charge < -0.3 is 15.4 Å². The first kappa shape index (κ1) is 19.5. The average molecular weight is 391 g/mol. The number of carbonyl (C=O) groups is 2. The van der Waals surface area contributed by atoms with E-state index in [0.29, 0.717) is 6.54 Å². The van der Waals surface area contributed by atoms with Crippen LogP contribution in [0.5, 0.6) is 0 Å². The monoisotopic (exact) mass is 391 g/mol. The molecule has 2 aliphatic rings. The lowest BCUT2D eigenvalue weighted by molar-refractivity contribution is -0.132. The Hall–Kier alpha value is -2.23. The van der Waals surface area contributed by atoms with Crippen LogP contribution in [0, 0.1) is 0 Å². The van der Waals surface area contributed by atoms with E-state index in [-0.39, 0.29) is 5.11 Å². The Balaban J connectivity index is 1.47. The highest BCUT2D eigenvalue weighted by Gasteiger charge is 2.49. The summed E-state index contributed by atoms with van der Waals surface area (Å²) >= 11 is 5.23. The van der Waals surface area contributed by atoms with Crippen LogP contribution < -0.4 is 16.1 Å². The summed E-state index contributed by atoms with van der Waals surface area (Å²) in [5.41, 5.74) is 2.31. The third kappa shape index (κ3) is 4.55. The van der Waals surface area contributed by atoms with Gasteiger partial charge in [0.15, 0.2) is 5.11 Å². The number of thiocarbonyl (C=S) groups is 1. The van der Waals surface area contributed by atoms with Crippen LogP contribution in [0.3, 0.4) is 0 Å². The summed E-state index contributed by atoms with van der Waals surface area (Å²) in [5, 5.41) is 6.96. The van der Waals surface area contributed by atoms with Crippen molar-refractivity contribution in [3.63, 3.8) is 0 Å². The van der Waals surface area contributed by atoms with E-state index in [1.54, 1.807) is 6.92 Å². The SMILES string of the molecule is C[C@]1(c2ccccc2)NC(=O)N(NC(=S)NCCCN2CCOCC2)C1=O. The van der Waals surface area contributed by atoms with E-state index in [1.165, 1.54) is 0 Å². The predicted octanol–water partition coefficient (Wildman–Crippen LogP) is 0.555. The maximum absolute atomic E-state index is 12.8. The van der Waals surface area contributed by atoms with Gasteiger partial charge in [0, 0.05) is 19.6 Å². The zero-order chi connectivity index (χ0) is 19.3. The lowest BCUT2D eigenvalue weighted by atomic mass is 9.92. The number of amides is 3. The van der Waals surface area contributed by atoms with Crippen molar-refractivity contribution in [1.29, 1.82) is 0 Å². The van der Waals surface area contributed by atoms with E-state index in [0.717, 1.165) is 49.8 Å². The summed E-state index contributed by atoms with van der Waals surface area (Å²) in [6.07, 6.45) is 0.906. The number of hydrogen-bond acceptors (Lipinski definition) is 5. The number of nitrogens with zero attached hydrogens (tertiary/aromatic N) is 2. The predicted molar refractivity (Wildman–Crippen MR) is 105 cm³/mol. The number of hydrazine groups is 1. The molecule has 0 unspecified atom stereocenters. The molecule has 27 heavy (non-hydrogen) atoms. The molecule has 0 spiro atoms. The Morgan fingerprint density at radius 3 is 2.67 bits per heavy atom. The number of imide groups is 1. The van der Waals surface area contributed by atoms with Crippen LogP contribution in [0.25, 0.3) is 0 Å². The fourth-order valence-electron chi connectivity index (χ4n) is 3.18. The van der Waals surface area contributed by atoms with E-state index >= 15 is 0 Å². The van der Waals surface area contributed by atoms with E-state index in [9.17, 15) is 9.59 Å². The van der Waals surface area contributed by atoms with Gasteiger partial charge in [0.25, 0.3) is 5.91 Å². The minimum Gasteiger partial charge on any atom is -0.379 e. The first-order valence-electron chi connectivity index (χ1n) is 9.07. The third-order valence-electron chi connectivity index (χ3n) is 4.80. The highest BCUT2D eigenvalue weighted by Crippen LogP contribution is 2.27. The van der Waals surface area contributed by atoms with Gasteiger partial charge in [0.05, 0.1) is 13.2 Å². The standard InChI is InChI=1S/C18H25N5O3S/c1-18(14-6-3-2-4-7-14)15(24)23(17(25)20-18)21-16(27)19-8-5-9-22-10-12-26-13-11-22/h2-4,6-7H,5,8-13H2,1H3,(H,20,25)(H2,19,21,27)/t18-/m1/s1. The summed E-state index contributed by atoms with van der Waals surface area (Å²) < 4.78 is 5.32. The maximum atomic E-state index is 12.8. The second-order valence-corrected chi connectivity index (χ2v) is 7.15. The number of rotatable bonds is 6. The van der Waals surface area contributed by atoms with Gasteiger partial charge in [0.1, 0.15) is 5.54 Å². The van der Waals surface area contributed by atoms with Gasteiger partial charge in [-0.2, -0.15) is 5.01 Å². The van der Waals surface area contributed by atoms with Crippen molar-refractivity contribution in [2.45, 2.75) is 18.9 Å². The highest BCUT2D eigenvalue weighted by molar-refractivity contribution is 7.80. The molecule has 0 aromatic heterocycles. The quantitative estimate of drug-likeness (QED) is 0.371. The van der Waals surface area contributed by atoms with Crippen LogP contribution in [0.15, 0.2) is 30.3 Å². The van der Waals surface area contributed by atoms with Crippen molar-refractivity contribution in [2.24, 2.45) is 0 Å². The van der Waals surface area contributed by atoms with Gasteiger partial charge in [-0.1, -0.05) is 30.3 Å². The van der Waals surface area contributed by atoms with Gasteiger partial charge in [0.2, 0.25) is 0 Å². The zero-order valence-corrected chi connectivity index (χ0v) is 16.2. The van der Waals surface area contributed by atoms with Crippen molar-refractivity contribution < 1.29 is 14.3 Å². The van der Waals surface area contributed by atoms with Crippen LogP contribution in [-0.2, 0) is 15.1 Å². The highest BCUT2D eigenvalue weighted by atomic mass is 32.1. The topological polar surface area (TPSA) is 85.9 Å². The molecule has 2 aliphatic heterocycles. The largest absolute Gasteiger partial charge is 0.379 e. The molecule has 2 fully saturated rings. The molecular formula is C18H25N5O3S. The van der Waals surface area contributed by atoms with Gasteiger partial charge >= 0.3 is 6.03 Å². The van der Waals surface area contributed by atoms with Crippen molar-refractivity contribution in [2.75, 3.05) is 39.4 Å². The Bertz CT molecular complexity index is 695.